The van der Waals surface area contributed by atoms with Crippen LogP contribution in [0.3, 0.4) is 0 Å². The number of hydrogen-bond acceptors (Lipinski definition) is 14. The van der Waals surface area contributed by atoms with Gasteiger partial charge in [0.15, 0.2) is 0 Å². The molecule has 0 saturated carbocycles. The second kappa shape index (κ2) is 28.9. The van der Waals surface area contributed by atoms with Gasteiger partial charge >= 0.3 is 35.8 Å². The Morgan fingerprint density at radius 1 is 0.235 bits per heavy atom. The van der Waals surface area contributed by atoms with E-state index in [-0.39, 0.29) is 33.4 Å². The van der Waals surface area contributed by atoms with Gasteiger partial charge in [-0.2, -0.15) is 0 Å². The van der Waals surface area contributed by atoms with E-state index in [0.29, 0.717) is 55.6 Å². The summed E-state index contributed by atoms with van der Waals surface area (Å²) in [6.45, 7) is 18.7. The maximum absolute atomic E-state index is 12.9. The summed E-state index contributed by atoms with van der Waals surface area (Å²) in [5.41, 5.74) is 10.3. The summed E-state index contributed by atoms with van der Waals surface area (Å²) in [6.07, 6.45) is 0. The Hall–Kier alpha value is -9.48. The van der Waals surface area contributed by atoms with Gasteiger partial charge in [0.05, 0.1) is 33.4 Å². The Balaban J connectivity index is 0.000000164. The lowest BCUT2D eigenvalue weighted by Gasteiger charge is -2.19. The van der Waals surface area contributed by atoms with E-state index in [1.807, 2.05) is 100 Å². The van der Waals surface area contributed by atoms with Crippen molar-refractivity contribution in [2.45, 2.75) is 69.2 Å². The van der Waals surface area contributed by atoms with Crippen molar-refractivity contribution in [3.05, 3.63) is 244 Å². The molecule has 6 N–H and O–H groups in total. The van der Waals surface area contributed by atoms with Gasteiger partial charge in [-0.25, -0.2) is 28.8 Å². The molecule has 5 aromatic carbocycles. The fourth-order valence-corrected chi connectivity index (χ4v) is 20.0. The van der Waals surface area contributed by atoms with Crippen LogP contribution in [-0.2, 0) is 0 Å². The van der Waals surface area contributed by atoms with E-state index in [9.17, 15) is 59.4 Å². The number of rotatable bonds is 16. The molecule has 0 atom stereocenters. The number of benzene rings is 5. The van der Waals surface area contributed by atoms with Crippen molar-refractivity contribution in [3.63, 3.8) is 0 Å². The van der Waals surface area contributed by atoms with Crippen molar-refractivity contribution in [2.75, 3.05) is 0 Å². The van der Waals surface area contributed by atoms with Gasteiger partial charge in [-0.1, -0.05) is 59.7 Å². The van der Waals surface area contributed by atoms with E-state index < -0.39 is 35.8 Å². The van der Waals surface area contributed by atoms with Crippen molar-refractivity contribution in [1.29, 1.82) is 0 Å². The quantitative estimate of drug-likeness (QED) is 0.0532. The Kier molecular flexibility index (Phi) is 20.6. The number of carbonyl (C=O) groups is 6. The molecule has 0 spiro atoms. The largest absolute Gasteiger partial charge is 0.478 e. The fourth-order valence-electron chi connectivity index (χ4n) is 11.9. The number of aryl methyl sites for hydroxylation is 6. The second-order valence-corrected chi connectivity index (χ2v) is 32.8. The lowest BCUT2D eigenvalue weighted by atomic mass is 9.86. The molecule has 0 aliphatic rings. The maximum Gasteiger partial charge on any atom is 0.336 e. The van der Waals surface area contributed by atoms with Crippen LogP contribution < -0.4 is 0 Å². The third kappa shape index (κ3) is 14.3. The Bertz CT molecular complexity index is 4970. The summed E-state index contributed by atoms with van der Waals surface area (Å²) in [5, 5.41) is 60.2. The smallest absolute Gasteiger partial charge is 0.336 e. The summed E-state index contributed by atoms with van der Waals surface area (Å²) >= 11 is 12.2. The molecule has 0 amide bonds. The molecule has 13 aromatic rings. The summed E-state index contributed by atoms with van der Waals surface area (Å²) in [7, 11) is 0. The molecule has 0 bridgehead atoms. The van der Waals surface area contributed by atoms with Crippen molar-refractivity contribution >= 4 is 127 Å². The molecule has 0 saturated heterocycles. The molecule has 0 unspecified atom stereocenters. The van der Waals surface area contributed by atoms with E-state index in [4.69, 9.17) is 0 Å². The van der Waals surface area contributed by atoms with Crippen LogP contribution in [0.4, 0.5) is 0 Å². The van der Waals surface area contributed by atoms with Crippen LogP contribution in [0, 0.1) is 69.2 Å². The maximum atomic E-state index is 12.9. The third-order valence-electron chi connectivity index (χ3n) is 16.5. The van der Waals surface area contributed by atoms with Crippen LogP contribution >= 0.6 is 90.7 Å². The molecule has 8 aromatic heterocycles. The monoisotopic (exact) mass is 1450 g/mol. The molecule has 98 heavy (non-hydrogen) atoms. The first-order chi connectivity index (χ1) is 46.7. The van der Waals surface area contributed by atoms with Crippen LogP contribution in [0.25, 0.3) is 103 Å². The SMILES string of the molecule is Cc1ccc(-c2c(C)c(C(=O)O)c(-c3ccc(C)s3)c(C)c2C(=O)O)s1.Cc1ccc(-c2cc(C(=O)O)c(-c3ccc(C)s3)cc2C(=O)O)s1.Cc1ccc(-c2ccc(-c3ccc(-c4c(C)c(C(=O)O)c(-c5ccc(-c6ccc(-c7ccc(C)cc7)s6)s5)c(C)c4C(=O)O)s3)s2)cc1. The molecule has 12 nitrogen and oxygen atoms in total. The second-order valence-electron chi connectivity index (χ2n) is 23.3. The van der Waals surface area contributed by atoms with E-state index in [0.717, 1.165) is 89.2 Å². The zero-order valence-corrected chi connectivity index (χ0v) is 60.9. The topological polar surface area (TPSA) is 224 Å². The minimum atomic E-state index is -1.07. The minimum absolute atomic E-state index is 0.114. The average molecular weight is 1450 g/mol. The standard InChI is InChI=1S/C40H30O4S4.C20H18O4S2.C18H14O4S2/c1-21-5-9-25(10-6-21)27-13-15-29(45-27)31-17-19-33(47-31)35-23(3)38(40(43)44)36(24(4)37(35)39(41)42)34-20-18-32(48-34)30-16-14-28(46-30)26-11-7-22(2)8-12-26;1-9-5-7-13(25-9)15-11(3)18(20(23)24)16(12(4)17(15)19(21)22)14-8-6-10(2)26-14;1-9-3-5-15(23-9)11-7-14(18(21)22)12(8-13(11)17(19)20)16-6-4-10(2)24-16/h5-20H,1-4H3,(H,41,42)(H,43,44);5-8H,1-4H3,(H,21,22)(H,23,24);3-8H,1-2H3,(H,19,20)(H,21,22). The number of aromatic carboxylic acids is 6. The lowest BCUT2D eigenvalue weighted by molar-refractivity contribution is 0.0681. The molecule has 494 valence electrons. The van der Waals surface area contributed by atoms with E-state index in [1.54, 1.807) is 50.4 Å². The molecular formula is C78H62O12S8. The lowest BCUT2D eigenvalue weighted by Crippen LogP contribution is -2.12. The van der Waals surface area contributed by atoms with Crippen molar-refractivity contribution in [2.24, 2.45) is 0 Å². The van der Waals surface area contributed by atoms with Gasteiger partial charge in [0.1, 0.15) is 0 Å². The van der Waals surface area contributed by atoms with Gasteiger partial charge in [0.25, 0.3) is 0 Å². The van der Waals surface area contributed by atoms with Crippen LogP contribution in [-0.4, -0.2) is 66.5 Å². The first kappa shape index (κ1) is 69.9. The molecule has 8 heterocycles. The van der Waals surface area contributed by atoms with Gasteiger partial charge < -0.3 is 30.6 Å². The van der Waals surface area contributed by atoms with Gasteiger partial charge in [0.2, 0.25) is 0 Å². The Morgan fingerprint density at radius 3 is 0.684 bits per heavy atom. The third-order valence-corrected chi connectivity index (χ3v) is 25.5. The highest BCUT2D eigenvalue weighted by Gasteiger charge is 2.32. The Morgan fingerprint density at radius 2 is 0.449 bits per heavy atom. The van der Waals surface area contributed by atoms with E-state index in [2.05, 4.69) is 86.6 Å². The highest BCUT2D eigenvalue weighted by Crippen LogP contribution is 2.50. The summed E-state index contributed by atoms with van der Waals surface area (Å²) < 4.78 is 0. The average Bonchev–Trinajstić information content (AvgIpc) is 1.39. The zero-order chi connectivity index (χ0) is 70.3. The molecule has 0 radical (unpaired) electrons. The number of carboxylic acids is 6. The first-order valence-electron chi connectivity index (χ1n) is 30.4. The van der Waals surface area contributed by atoms with Gasteiger partial charge in [-0.05, 0) is 212 Å². The molecule has 0 aliphatic carbocycles. The summed E-state index contributed by atoms with van der Waals surface area (Å²) in [4.78, 5) is 88.7. The number of hydrogen-bond donors (Lipinski definition) is 6. The fraction of sp³-hybridized carbons (Fsp3) is 0.128. The molecule has 0 aliphatic heterocycles. The van der Waals surface area contributed by atoms with Crippen molar-refractivity contribution in [1.82, 2.24) is 0 Å². The first-order valence-corrected chi connectivity index (χ1v) is 36.9. The van der Waals surface area contributed by atoms with E-state index >= 15 is 0 Å². The van der Waals surface area contributed by atoms with Crippen molar-refractivity contribution < 1.29 is 59.4 Å². The molecule has 20 heteroatoms. The normalized spacial score (nSPS) is 11.0. The molecule has 13 rings (SSSR count). The Labute approximate surface area is 597 Å². The minimum Gasteiger partial charge on any atom is -0.478 e. The summed E-state index contributed by atoms with van der Waals surface area (Å²) in [5.74, 6) is -6.37. The molecule has 0 fully saturated rings. The highest BCUT2D eigenvalue weighted by molar-refractivity contribution is 7.26. The van der Waals surface area contributed by atoms with E-state index in [1.165, 1.54) is 91.3 Å². The van der Waals surface area contributed by atoms with Crippen LogP contribution in [0.15, 0.2) is 158 Å². The predicted molar refractivity (Wildman–Crippen MR) is 406 cm³/mol. The van der Waals surface area contributed by atoms with Crippen LogP contribution in [0.1, 0.15) is 115 Å². The van der Waals surface area contributed by atoms with Gasteiger partial charge in [0, 0.05) is 111 Å². The van der Waals surface area contributed by atoms with Crippen molar-refractivity contribution in [3.8, 4) is 103 Å². The number of thiophene rings is 8. The van der Waals surface area contributed by atoms with Crippen LogP contribution in [0.5, 0.6) is 0 Å². The zero-order valence-electron chi connectivity index (χ0n) is 54.4. The highest BCUT2D eigenvalue weighted by atomic mass is 32.1. The molecular weight excluding hydrogens is 1390 g/mol. The van der Waals surface area contributed by atoms with Crippen LogP contribution in [0.2, 0.25) is 0 Å². The predicted octanol–water partition coefficient (Wildman–Crippen LogP) is 23.5. The summed E-state index contributed by atoms with van der Waals surface area (Å²) in [6, 6.07) is 51.0. The van der Waals surface area contributed by atoms with Gasteiger partial charge in [-0.15, -0.1) is 90.7 Å². The number of carboxylic acid groups (broad SMARTS) is 6. The van der Waals surface area contributed by atoms with Gasteiger partial charge in [-0.3, -0.25) is 0 Å².